The molecule has 3 heterocycles. The van der Waals surface area contributed by atoms with E-state index in [4.69, 9.17) is 4.74 Å². The third-order valence-electron chi connectivity index (χ3n) is 5.00. The Labute approximate surface area is 162 Å². The van der Waals surface area contributed by atoms with Gasteiger partial charge in [-0.1, -0.05) is 18.2 Å². The number of benzene rings is 1. The summed E-state index contributed by atoms with van der Waals surface area (Å²) in [5.41, 5.74) is 1.19. The number of rotatable bonds is 3. The van der Waals surface area contributed by atoms with E-state index in [9.17, 15) is 9.59 Å². The van der Waals surface area contributed by atoms with Crippen molar-refractivity contribution in [3.05, 3.63) is 51.7 Å². The number of para-hydroxylation sites is 1. The molecule has 0 radical (unpaired) electrons. The molecular weight excluding hydrogens is 362 g/mol. The van der Waals surface area contributed by atoms with Gasteiger partial charge in [-0.15, -0.1) is 11.3 Å². The first-order valence-corrected chi connectivity index (χ1v) is 10.0. The highest BCUT2D eigenvalue weighted by atomic mass is 32.1. The van der Waals surface area contributed by atoms with Crippen LogP contribution in [0.1, 0.15) is 20.1 Å². The van der Waals surface area contributed by atoms with Crippen molar-refractivity contribution in [2.45, 2.75) is 19.4 Å². The minimum Gasteiger partial charge on any atom is -0.488 e. The van der Waals surface area contributed by atoms with Crippen LogP contribution < -0.4 is 10.1 Å². The number of amides is 3. The van der Waals surface area contributed by atoms with Crippen molar-refractivity contribution in [2.75, 3.05) is 32.7 Å². The zero-order chi connectivity index (χ0) is 18.8. The Morgan fingerprint density at radius 3 is 2.56 bits per heavy atom. The number of hydrogen-bond acceptors (Lipinski definition) is 4. The predicted molar refractivity (Wildman–Crippen MR) is 104 cm³/mol. The van der Waals surface area contributed by atoms with Crippen molar-refractivity contribution in [3.63, 3.8) is 0 Å². The summed E-state index contributed by atoms with van der Waals surface area (Å²) in [6, 6.07) is 11.7. The van der Waals surface area contributed by atoms with E-state index in [2.05, 4.69) is 11.4 Å². The summed E-state index contributed by atoms with van der Waals surface area (Å²) in [7, 11) is 0. The number of carbonyl (C=O) groups excluding carboxylic acids is 2. The lowest BCUT2D eigenvalue weighted by Crippen LogP contribution is -2.54. The van der Waals surface area contributed by atoms with Crippen molar-refractivity contribution in [2.24, 2.45) is 0 Å². The normalized spacial score (nSPS) is 18.8. The van der Waals surface area contributed by atoms with Crippen molar-refractivity contribution in [3.8, 4) is 5.75 Å². The molecule has 7 heteroatoms. The number of nitrogens with one attached hydrogen (secondary N) is 1. The minimum absolute atomic E-state index is 0.0173. The van der Waals surface area contributed by atoms with Crippen molar-refractivity contribution in [1.29, 1.82) is 0 Å². The van der Waals surface area contributed by atoms with Crippen LogP contribution >= 0.6 is 11.3 Å². The number of hydrogen-bond donors (Lipinski definition) is 1. The zero-order valence-electron chi connectivity index (χ0n) is 15.3. The number of thiophene rings is 1. The smallest absolute Gasteiger partial charge is 0.317 e. The van der Waals surface area contributed by atoms with Gasteiger partial charge in [0.1, 0.15) is 11.9 Å². The molecule has 2 aromatic rings. The van der Waals surface area contributed by atoms with Crippen LogP contribution in [0, 0.1) is 6.92 Å². The van der Waals surface area contributed by atoms with Gasteiger partial charge >= 0.3 is 6.03 Å². The van der Waals surface area contributed by atoms with Gasteiger partial charge in [-0.25, -0.2) is 4.79 Å². The Balaban J connectivity index is 1.23. The van der Waals surface area contributed by atoms with E-state index in [0.29, 0.717) is 32.7 Å². The Kier molecular flexibility index (Phi) is 5.03. The molecule has 6 nitrogen and oxygen atoms in total. The molecule has 1 aromatic heterocycles. The second-order valence-electron chi connectivity index (χ2n) is 6.93. The summed E-state index contributed by atoms with van der Waals surface area (Å²) in [5, 5.41) is 2.97. The van der Waals surface area contributed by atoms with Crippen LogP contribution in [0.2, 0.25) is 0 Å². The summed E-state index contributed by atoms with van der Waals surface area (Å²) >= 11 is 1.52. The van der Waals surface area contributed by atoms with Gasteiger partial charge in [0, 0.05) is 37.5 Å². The molecule has 1 unspecified atom stereocenters. The molecule has 1 aromatic carbocycles. The molecule has 0 bridgehead atoms. The number of fused-ring (bicyclic) bond motifs is 1. The molecular formula is C20H23N3O3S. The fraction of sp³-hybridized carbons (Fsp3) is 0.400. The van der Waals surface area contributed by atoms with Crippen molar-refractivity contribution < 1.29 is 14.3 Å². The van der Waals surface area contributed by atoms with E-state index in [0.717, 1.165) is 21.9 Å². The predicted octanol–water partition coefficient (Wildman–Crippen LogP) is 2.53. The van der Waals surface area contributed by atoms with E-state index in [1.807, 2.05) is 42.2 Å². The van der Waals surface area contributed by atoms with Crippen LogP contribution in [0.3, 0.4) is 0 Å². The maximum absolute atomic E-state index is 12.5. The molecule has 3 amide bonds. The lowest BCUT2D eigenvalue weighted by Gasteiger charge is -2.34. The number of piperazine rings is 1. The van der Waals surface area contributed by atoms with Gasteiger partial charge in [0.15, 0.2) is 0 Å². The highest BCUT2D eigenvalue weighted by Crippen LogP contribution is 2.27. The molecule has 0 aliphatic carbocycles. The standard InChI is InChI=1S/C20H23N3O3S/c1-14-6-7-18(27-14)19(24)22-8-10-23(11-9-22)20(25)21-13-16-12-15-4-2-3-5-17(15)26-16/h2-7,16H,8-13H2,1H3,(H,21,25). The van der Waals surface area contributed by atoms with Gasteiger partial charge in [0.05, 0.1) is 11.4 Å². The van der Waals surface area contributed by atoms with Crippen LogP contribution in [0.15, 0.2) is 36.4 Å². The molecule has 1 atom stereocenters. The highest BCUT2D eigenvalue weighted by molar-refractivity contribution is 7.13. The Hall–Kier alpha value is -2.54. The lowest BCUT2D eigenvalue weighted by atomic mass is 10.1. The first-order chi connectivity index (χ1) is 13.1. The average Bonchev–Trinajstić information content (AvgIpc) is 3.31. The maximum atomic E-state index is 12.5. The SMILES string of the molecule is Cc1ccc(C(=O)N2CCN(C(=O)NCC3Cc4ccccc4O3)CC2)s1. The maximum Gasteiger partial charge on any atom is 0.317 e. The third-order valence-corrected chi connectivity index (χ3v) is 5.99. The minimum atomic E-state index is -0.0892. The van der Waals surface area contributed by atoms with Gasteiger partial charge in [-0.3, -0.25) is 4.79 Å². The number of aryl methyl sites for hydroxylation is 1. The Morgan fingerprint density at radius 1 is 1.11 bits per heavy atom. The molecule has 27 heavy (non-hydrogen) atoms. The van der Waals surface area contributed by atoms with Gasteiger partial charge < -0.3 is 19.9 Å². The summed E-state index contributed by atoms with van der Waals surface area (Å²) < 4.78 is 5.86. The molecule has 2 aliphatic rings. The molecule has 4 rings (SSSR count). The Bertz CT molecular complexity index is 818. The number of urea groups is 1. The largest absolute Gasteiger partial charge is 0.488 e. The molecule has 1 fully saturated rings. The average molecular weight is 385 g/mol. The van der Waals surface area contributed by atoms with Gasteiger partial charge in [0.25, 0.3) is 5.91 Å². The lowest BCUT2D eigenvalue weighted by molar-refractivity contribution is 0.0668. The summed E-state index contributed by atoms with van der Waals surface area (Å²) in [4.78, 5) is 30.4. The van der Waals surface area contributed by atoms with Crippen LogP contribution in [0.5, 0.6) is 5.75 Å². The zero-order valence-corrected chi connectivity index (χ0v) is 16.1. The quantitative estimate of drug-likeness (QED) is 0.883. The molecule has 142 valence electrons. The van der Waals surface area contributed by atoms with E-state index >= 15 is 0 Å². The summed E-state index contributed by atoms with van der Waals surface area (Å²) in [6.07, 6.45) is 0.801. The third kappa shape index (κ3) is 3.93. The first-order valence-electron chi connectivity index (χ1n) is 9.23. The topological polar surface area (TPSA) is 61.9 Å². The molecule has 2 aliphatic heterocycles. The highest BCUT2D eigenvalue weighted by Gasteiger charge is 2.27. The van der Waals surface area contributed by atoms with E-state index in [1.165, 1.54) is 16.9 Å². The molecule has 1 saturated heterocycles. The van der Waals surface area contributed by atoms with Crippen molar-refractivity contribution >= 4 is 23.3 Å². The van der Waals surface area contributed by atoms with Gasteiger partial charge in [0.2, 0.25) is 0 Å². The number of ether oxygens (including phenoxy) is 1. The van der Waals surface area contributed by atoms with Gasteiger partial charge in [-0.05, 0) is 30.7 Å². The van der Waals surface area contributed by atoms with E-state index in [-0.39, 0.29) is 18.0 Å². The first kappa shape index (κ1) is 17.9. The fourth-order valence-electron chi connectivity index (χ4n) is 3.50. The van der Waals surface area contributed by atoms with Crippen LogP contribution in [0.4, 0.5) is 4.79 Å². The van der Waals surface area contributed by atoms with Gasteiger partial charge in [-0.2, -0.15) is 0 Å². The van der Waals surface area contributed by atoms with Crippen LogP contribution in [-0.2, 0) is 6.42 Å². The molecule has 0 spiro atoms. The Morgan fingerprint density at radius 2 is 1.85 bits per heavy atom. The van der Waals surface area contributed by atoms with E-state index < -0.39 is 0 Å². The fourth-order valence-corrected chi connectivity index (χ4v) is 4.33. The second kappa shape index (κ2) is 7.60. The summed E-state index contributed by atoms with van der Waals surface area (Å²) in [6.45, 7) is 4.71. The van der Waals surface area contributed by atoms with Crippen LogP contribution in [0.25, 0.3) is 0 Å². The van der Waals surface area contributed by atoms with Crippen molar-refractivity contribution in [1.82, 2.24) is 15.1 Å². The summed E-state index contributed by atoms with van der Waals surface area (Å²) in [5.74, 6) is 0.970. The number of nitrogens with zero attached hydrogens (tertiary/aromatic N) is 2. The molecule has 1 N–H and O–H groups in total. The second-order valence-corrected chi connectivity index (χ2v) is 8.22. The molecule has 0 saturated carbocycles. The van der Waals surface area contributed by atoms with E-state index in [1.54, 1.807) is 4.90 Å². The van der Waals surface area contributed by atoms with Crippen LogP contribution in [-0.4, -0.2) is 60.6 Å². The monoisotopic (exact) mass is 385 g/mol. The number of carbonyl (C=O) groups is 2.